The van der Waals surface area contributed by atoms with Crippen molar-refractivity contribution in [2.75, 3.05) is 24.5 Å². The average Bonchev–Trinajstić information content (AvgIpc) is 2.46. The SMILES string of the molecule is CCCCNCc1ccc(F)c(N2CCC(C)CC2)c1. The summed E-state index contributed by atoms with van der Waals surface area (Å²) in [6, 6.07) is 5.53. The zero-order valence-electron chi connectivity index (χ0n) is 12.8. The van der Waals surface area contributed by atoms with Crippen LogP contribution in [0, 0.1) is 11.7 Å². The number of unbranched alkanes of at least 4 members (excludes halogenated alkanes) is 1. The van der Waals surface area contributed by atoms with Gasteiger partial charge in [-0.1, -0.05) is 26.3 Å². The first kappa shape index (κ1) is 15.3. The molecule has 0 spiro atoms. The van der Waals surface area contributed by atoms with Gasteiger partial charge in [-0.05, 0) is 49.4 Å². The second kappa shape index (κ2) is 7.63. The molecule has 0 aliphatic carbocycles. The lowest BCUT2D eigenvalue weighted by molar-refractivity contribution is 0.434. The summed E-state index contributed by atoms with van der Waals surface area (Å²) in [6.07, 6.45) is 4.72. The number of halogens is 1. The molecule has 1 aliphatic rings. The van der Waals surface area contributed by atoms with Crippen LogP contribution in [0.5, 0.6) is 0 Å². The van der Waals surface area contributed by atoms with E-state index in [0.717, 1.165) is 37.8 Å². The minimum Gasteiger partial charge on any atom is -0.369 e. The highest BCUT2D eigenvalue weighted by molar-refractivity contribution is 5.50. The molecule has 0 atom stereocenters. The molecule has 3 heteroatoms. The van der Waals surface area contributed by atoms with Crippen molar-refractivity contribution in [2.45, 2.75) is 46.1 Å². The Hall–Kier alpha value is -1.09. The molecule has 0 unspecified atom stereocenters. The molecule has 1 aromatic carbocycles. The predicted octanol–water partition coefficient (Wildman–Crippen LogP) is 3.95. The maximum atomic E-state index is 14.0. The maximum absolute atomic E-state index is 14.0. The Kier molecular flexibility index (Phi) is 5.84. The lowest BCUT2D eigenvalue weighted by atomic mass is 9.98. The summed E-state index contributed by atoms with van der Waals surface area (Å²) < 4.78 is 14.0. The van der Waals surface area contributed by atoms with E-state index >= 15 is 0 Å². The third kappa shape index (κ3) is 4.20. The molecule has 0 aromatic heterocycles. The van der Waals surface area contributed by atoms with Crippen molar-refractivity contribution in [3.8, 4) is 0 Å². The molecular formula is C17H27FN2. The molecule has 0 amide bonds. The van der Waals surface area contributed by atoms with Crippen LogP contribution in [0.25, 0.3) is 0 Å². The summed E-state index contributed by atoms with van der Waals surface area (Å²) in [6.45, 7) is 8.29. The van der Waals surface area contributed by atoms with E-state index in [0.29, 0.717) is 0 Å². The van der Waals surface area contributed by atoms with Crippen LogP contribution in [0.4, 0.5) is 10.1 Å². The molecule has 0 saturated carbocycles. The Balaban J connectivity index is 1.97. The fourth-order valence-electron chi connectivity index (χ4n) is 2.69. The van der Waals surface area contributed by atoms with Gasteiger partial charge in [0.05, 0.1) is 5.69 Å². The molecular weight excluding hydrogens is 251 g/mol. The van der Waals surface area contributed by atoms with Gasteiger partial charge in [-0.15, -0.1) is 0 Å². The molecule has 0 radical (unpaired) electrons. The highest BCUT2D eigenvalue weighted by Crippen LogP contribution is 2.26. The number of anilines is 1. The number of rotatable bonds is 6. The van der Waals surface area contributed by atoms with E-state index in [1.165, 1.54) is 31.2 Å². The number of piperidine rings is 1. The van der Waals surface area contributed by atoms with Crippen LogP contribution in [-0.2, 0) is 6.54 Å². The van der Waals surface area contributed by atoms with Gasteiger partial charge in [0.2, 0.25) is 0 Å². The van der Waals surface area contributed by atoms with Crippen molar-refractivity contribution >= 4 is 5.69 Å². The average molecular weight is 278 g/mol. The second-order valence-corrected chi connectivity index (χ2v) is 5.99. The van der Waals surface area contributed by atoms with Crippen molar-refractivity contribution in [1.29, 1.82) is 0 Å². The molecule has 2 rings (SSSR count). The zero-order chi connectivity index (χ0) is 14.4. The fourth-order valence-corrected chi connectivity index (χ4v) is 2.69. The van der Waals surface area contributed by atoms with Gasteiger partial charge in [-0.25, -0.2) is 4.39 Å². The van der Waals surface area contributed by atoms with Crippen LogP contribution in [0.1, 0.15) is 45.1 Å². The largest absolute Gasteiger partial charge is 0.369 e. The van der Waals surface area contributed by atoms with Crippen LogP contribution < -0.4 is 10.2 Å². The van der Waals surface area contributed by atoms with Crippen molar-refractivity contribution < 1.29 is 4.39 Å². The quantitative estimate of drug-likeness (QED) is 0.793. The Morgan fingerprint density at radius 1 is 1.30 bits per heavy atom. The van der Waals surface area contributed by atoms with Gasteiger partial charge in [0.1, 0.15) is 5.82 Å². The van der Waals surface area contributed by atoms with Gasteiger partial charge in [-0.3, -0.25) is 0 Å². The summed E-state index contributed by atoms with van der Waals surface area (Å²) in [5, 5.41) is 3.42. The summed E-state index contributed by atoms with van der Waals surface area (Å²) in [5.41, 5.74) is 1.96. The van der Waals surface area contributed by atoms with E-state index in [4.69, 9.17) is 0 Å². The third-order valence-corrected chi connectivity index (χ3v) is 4.17. The Morgan fingerprint density at radius 2 is 2.05 bits per heavy atom. The van der Waals surface area contributed by atoms with E-state index in [1.807, 2.05) is 12.1 Å². The Bertz CT molecular complexity index is 411. The van der Waals surface area contributed by atoms with Crippen LogP contribution in [-0.4, -0.2) is 19.6 Å². The van der Waals surface area contributed by atoms with Crippen molar-refractivity contribution in [3.05, 3.63) is 29.6 Å². The minimum absolute atomic E-state index is 0.0862. The molecule has 1 aliphatic heterocycles. The van der Waals surface area contributed by atoms with Gasteiger partial charge in [-0.2, -0.15) is 0 Å². The Morgan fingerprint density at radius 3 is 2.75 bits per heavy atom. The standard InChI is InChI=1S/C17H27FN2/c1-3-4-9-19-13-15-5-6-16(18)17(12-15)20-10-7-14(2)8-11-20/h5-6,12,14,19H,3-4,7-11,13H2,1-2H3. The van der Waals surface area contributed by atoms with Crippen LogP contribution >= 0.6 is 0 Å². The van der Waals surface area contributed by atoms with Crippen LogP contribution in [0.3, 0.4) is 0 Å². The van der Waals surface area contributed by atoms with Gasteiger partial charge in [0.25, 0.3) is 0 Å². The van der Waals surface area contributed by atoms with Gasteiger partial charge >= 0.3 is 0 Å². The van der Waals surface area contributed by atoms with E-state index in [2.05, 4.69) is 24.1 Å². The third-order valence-electron chi connectivity index (χ3n) is 4.17. The molecule has 1 saturated heterocycles. The molecule has 1 N–H and O–H groups in total. The second-order valence-electron chi connectivity index (χ2n) is 5.99. The summed E-state index contributed by atoms with van der Waals surface area (Å²) >= 11 is 0. The van der Waals surface area contributed by atoms with Crippen molar-refractivity contribution in [2.24, 2.45) is 5.92 Å². The van der Waals surface area contributed by atoms with Crippen LogP contribution in [0.15, 0.2) is 18.2 Å². The molecule has 2 nitrogen and oxygen atoms in total. The number of hydrogen-bond acceptors (Lipinski definition) is 2. The molecule has 0 bridgehead atoms. The van der Waals surface area contributed by atoms with E-state index in [-0.39, 0.29) is 5.82 Å². The highest BCUT2D eigenvalue weighted by Gasteiger charge is 2.18. The zero-order valence-corrected chi connectivity index (χ0v) is 12.8. The first-order valence-corrected chi connectivity index (χ1v) is 7.94. The molecule has 112 valence electrons. The van der Waals surface area contributed by atoms with Crippen molar-refractivity contribution in [1.82, 2.24) is 5.32 Å². The van der Waals surface area contributed by atoms with Gasteiger partial charge < -0.3 is 10.2 Å². The first-order chi connectivity index (χ1) is 9.70. The molecule has 1 fully saturated rings. The number of hydrogen-bond donors (Lipinski definition) is 1. The van der Waals surface area contributed by atoms with E-state index < -0.39 is 0 Å². The summed E-state index contributed by atoms with van der Waals surface area (Å²) in [5.74, 6) is 0.685. The summed E-state index contributed by atoms with van der Waals surface area (Å²) in [7, 11) is 0. The fraction of sp³-hybridized carbons (Fsp3) is 0.647. The van der Waals surface area contributed by atoms with E-state index in [1.54, 1.807) is 6.07 Å². The number of benzene rings is 1. The van der Waals surface area contributed by atoms with Gasteiger partial charge in [0.15, 0.2) is 0 Å². The predicted molar refractivity (Wildman–Crippen MR) is 83.6 cm³/mol. The lowest BCUT2D eigenvalue weighted by Gasteiger charge is -2.32. The number of nitrogens with one attached hydrogen (secondary N) is 1. The molecule has 1 heterocycles. The van der Waals surface area contributed by atoms with Gasteiger partial charge in [0, 0.05) is 19.6 Å². The topological polar surface area (TPSA) is 15.3 Å². The lowest BCUT2D eigenvalue weighted by Crippen LogP contribution is -2.33. The Labute approximate surface area is 122 Å². The monoisotopic (exact) mass is 278 g/mol. The minimum atomic E-state index is -0.0862. The highest BCUT2D eigenvalue weighted by atomic mass is 19.1. The number of nitrogens with zero attached hydrogens (tertiary/aromatic N) is 1. The van der Waals surface area contributed by atoms with Crippen LogP contribution in [0.2, 0.25) is 0 Å². The normalized spacial score (nSPS) is 16.6. The maximum Gasteiger partial charge on any atom is 0.146 e. The summed E-state index contributed by atoms with van der Waals surface area (Å²) in [4.78, 5) is 2.20. The molecule has 20 heavy (non-hydrogen) atoms. The molecule has 1 aromatic rings. The smallest absolute Gasteiger partial charge is 0.146 e. The first-order valence-electron chi connectivity index (χ1n) is 7.94. The van der Waals surface area contributed by atoms with E-state index in [9.17, 15) is 4.39 Å². The van der Waals surface area contributed by atoms with Crippen molar-refractivity contribution in [3.63, 3.8) is 0 Å².